The van der Waals surface area contributed by atoms with Crippen LogP contribution in [-0.2, 0) is 10.8 Å². The summed E-state index contributed by atoms with van der Waals surface area (Å²) in [6.07, 6.45) is 4.88. The van der Waals surface area contributed by atoms with Gasteiger partial charge in [-0.05, 0) is 53.1 Å². The first-order valence-electron chi connectivity index (χ1n) is 10.6. The molecule has 0 atom stereocenters. The molecule has 0 aliphatic heterocycles. The van der Waals surface area contributed by atoms with Gasteiger partial charge in [0.15, 0.2) is 0 Å². The van der Waals surface area contributed by atoms with Gasteiger partial charge < -0.3 is 0 Å². The molecule has 0 radical (unpaired) electrons. The molecule has 0 aromatic heterocycles. The second kappa shape index (κ2) is 6.14. The molecule has 0 spiro atoms. The molecule has 0 unspecified atom stereocenters. The zero-order valence-corrected chi connectivity index (χ0v) is 18.6. The molecular formula is C25H42. The average Bonchev–Trinajstić information content (AvgIpc) is 2.78. The van der Waals surface area contributed by atoms with Crippen molar-refractivity contribution >= 4 is 0 Å². The van der Waals surface area contributed by atoms with Gasteiger partial charge >= 0.3 is 0 Å². The highest BCUT2D eigenvalue weighted by Gasteiger charge is 2.74. The van der Waals surface area contributed by atoms with Gasteiger partial charge in [0, 0.05) is 10.8 Å². The van der Waals surface area contributed by atoms with Crippen molar-refractivity contribution in [1.82, 2.24) is 0 Å². The van der Waals surface area contributed by atoms with Crippen LogP contribution in [0.4, 0.5) is 0 Å². The molecule has 1 aliphatic carbocycles. The quantitative estimate of drug-likeness (QED) is 0.521. The summed E-state index contributed by atoms with van der Waals surface area (Å²) in [5, 5.41) is 0. The summed E-state index contributed by atoms with van der Waals surface area (Å²) in [6.45, 7) is 24.9. The van der Waals surface area contributed by atoms with E-state index >= 15 is 0 Å². The second-order valence-electron chi connectivity index (χ2n) is 10.4. The normalized spacial score (nSPS) is 21.2. The minimum absolute atomic E-state index is 0.205. The Morgan fingerprint density at radius 1 is 0.600 bits per heavy atom. The molecule has 0 fully saturated rings. The van der Waals surface area contributed by atoms with Crippen LogP contribution in [0.5, 0.6) is 0 Å². The molecule has 0 heteroatoms. The van der Waals surface area contributed by atoms with Crippen LogP contribution in [0.15, 0.2) is 24.3 Å². The van der Waals surface area contributed by atoms with E-state index < -0.39 is 0 Å². The number of hydrogen-bond donors (Lipinski definition) is 0. The molecule has 1 aromatic rings. The van der Waals surface area contributed by atoms with E-state index in [4.69, 9.17) is 0 Å². The van der Waals surface area contributed by atoms with Crippen LogP contribution < -0.4 is 0 Å². The molecule has 2 rings (SSSR count). The summed E-state index contributed by atoms with van der Waals surface area (Å²) in [5.41, 5.74) is 4.38. The molecule has 0 saturated carbocycles. The summed E-state index contributed by atoms with van der Waals surface area (Å²) in [4.78, 5) is 0. The predicted octanol–water partition coefficient (Wildman–Crippen LogP) is 7.89. The van der Waals surface area contributed by atoms with Crippen LogP contribution >= 0.6 is 0 Å². The van der Waals surface area contributed by atoms with Gasteiger partial charge in [-0.1, -0.05) is 93.5 Å². The van der Waals surface area contributed by atoms with Crippen molar-refractivity contribution < 1.29 is 0 Å². The van der Waals surface area contributed by atoms with Gasteiger partial charge in [-0.15, -0.1) is 0 Å². The molecule has 0 saturated heterocycles. The average molecular weight is 343 g/mol. The minimum Gasteiger partial charge on any atom is -0.0645 e. The molecule has 1 aliphatic rings. The van der Waals surface area contributed by atoms with Gasteiger partial charge in [0.1, 0.15) is 0 Å². The summed E-state index contributed by atoms with van der Waals surface area (Å²) < 4.78 is 0. The van der Waals surface area contributed by atoms with E-state index in [-0.39, 0.29) is 27.1 Å². The first-order valence-corrected chi connectivity index (χ1v) is 10.6. The molecule has 0 heterocycles. The number of rotatable bonds is 4. The summed E-state index contributed by atoms with van der Waals surface area (Å²) in [5.74, 6) is 0. The van der Waals surface area contributed by atoms with E-state index in [0.29, 0.717) is 0 Å². The van der Waals surface area contributed by atoms with Crippen LogP contribution in [0.2, 0.25) is 0 Å². The number of benzene rings is 1. The van der Waals surface area contributed by atoms with Crippen LogP contribution in [0, 0.1) is 16.2 Å². The van der Waals surface area contributed by atoms with Crippen molar-refractivity contribution in [2.45, 2.75) is 106 Å². The second-order valence-corrected chi connectivity index (χ2v) is 10.4. The van der Waals surface area contributed by atoms with Crippen molar-refractivity contribution in [2.24, 2.45) is 16.2 Å². The molecule has 25 heavy (non-hydrogen) atoms. The highest BCUT2D eigenvalue weighted by atomic mass is 14.8. The van der Waals surface area contributed by atoms with E-state index in [2.05, 4.69) is 93.5 Å². The first kappa shape index (κ1) is 20.5. The first-order chi connectivity index (χ1) is 11.5. The Labute approximate surface area is 157 Å². The van der Waals surface area contributed by atoms with Crippen molar-refractivity contribution in [3.05, 3.63) is 35.4 Å². The van der Waals surface area contributed by atoms with Gasteiger partial charge in [0.2, 0.25) is 0 Å². The monoisotopic (exact) mass is 342 g/mol. The van der Waals surface area contributed by atoms with Gasteiger partial charge in [-0.2, -0.15) is 0 Å². The van der Waals surface area contributed by atoms with Gasteiger partial charge in [0.05, 0.1) is 0 Å². The lowest BCUT2D eigenvalue weighted by Crippen LogP contribution is -2.65. The van der Waals surface area contributed by atoms with Crippen LogP contribution in [0.3, 0.4) is 0 Å². The summed E-state index contributed by atoms with van der Waals surface area (Å²) in [7, 11) is 0. The number of fused-ring (bicyclic) bond motifs is 1. The van der Waals surface area contributed by atoms with Crippen LogP contribution in [-0.4, -0.2) is 0 Å². The predicted molar refractivity (Wildman–Crippen MR) is 112 cm³/mol. The Morgan fingerprint density at radius 3 is 1.08 bits per heavy atom. The fraction of sp³-hybridized carbons (Fsp3) is 0.760. The van der Waals surface area contributed by atoms with E-state index in [9.17, 15) is 0 Å². The number of hydrogen-bond acceptors (Lipinski definition) is 0. The topological polar surface area (TPSA) is 0 Å². The third-order valence-corrected chi connectivity index (χ3v) is 8.06. The fourth-order valence-corrected chi connectivity index (χ4v) is 8.50. The van der Waals surface area contributed by atoms with E-state index in [0.717, 1.165) is 0 Å². The van der Waals surface area contributed by atoms with Crippen LogP contribution in [0.1, 0.15) is 106 Å². The molecule has 0 nitrogen and oxygen atoms in total. The van der Waals surface area contributed by atoms with E-state index in [1.165, 1.54) is 25.7 Å². The Morgan fingerprint density at radius 2 is 0.880 bits per heavy atom. The van der Waals surface area contributed by atoms with Crippen molar-refractivity contribution in [2.75, 3.05) is 0 Å². The SMILES string of the molecule is CCC1(CC)c2ccccc2C(CC)(CC)C1(C(C)(C)C)C(C)(C)C. The maximum atomic E-state index is 2.52. The Kier molecular flexibility index (Phi) is 5.04. The Hall–Kier alpha value is -0.780. The van der Waals surface area contributed by atoms with E-state index in [1.54, 1.807) is 11.1 Å². The summed E-state index contributed by atoms with van der Waals surface area (Å²) >= 11 is 0. The molecule has 142 valence electrons. The summed E-state index contributed by atoms with van der Waals surface area (Å²) in [6, 6.07) is 9.47. The van der Waals surface area contributed by atoms with Crippen molar-refractivity contribution in [1.29, 1.82) is 0 Å². The molecular weight excluding hydrogens is 300 g/mol. The van der Waals surface area contributed by atoms with Gasteiger partial charge in [0.25, 0.3) is 0 Å². The van der Waals surface area contributed by atoms with Gasteiger partial charge in [-0.25, -0.2) is 0 Å². The molecule has 1 aromatic carbocycles. The maximum absolute atomic E-state index is 2.52. The fourth-order valence-electron chi connectivity index (χ4n) is 8.50. The van der Waals surface area contributed by atoms with Gasteiger partial charge in [-0.3, -0.25) is 0 Å². The van der Waals surface area contributed by atoms with E-state index in [1.807, 2.05) is 0 Å². The minimum atomic E-state index is 0.205. The molecule has 0 N–H and O–H groups in total. The lowest BCUT2D eigenvalue weighted by atomic mass is 9.35. The lowest BCUT2D eigenvalue weighted by Gasteiger charge is -2.68. The zero-order valence-electron chi connectivity index (χ0n) is 18.6. The zero-order chi connectivity index (χ0) is 19.3. The third-order valence-electron chi connectivity index (χ3n) is 8.06. The highest BCUT2D eigenvalue weighted by molar-refractivity contribution is 5.53. The highest BCUT2D eigenvalue weighted by Crippen LogP contribution is 2.78. The lowest BCUT2D eigenvalue weighted by molar-refractivity contribution is -0.158. The maximum Gasteiger partial charge on any atom is 0.00256 e. The standard InChI is InChI=1S/C25H42/c1-11-23(12-2)19-17-15-16-18-20(19)24(13-3,14-4)25(23,21(5,6)7)22(8,9)10/h15-18H,11-14H2,1-10H3. The van der Waals surface area contributed by atoms with Crippen molar-refractivity contribution in [3.63, 3.8) is 0 Å². The largest absolute Gasteiger partial charge is 0.0645 e. The van der Waals surface area contributed by atoms with Crippen LogP contribution in [0.25, 0.3) is 0 Å². The van der Waals surface area contributed by atoms with Crippen molar-refractivity contribution in [3.8, 4) is 0 Å². The Bertz CT molecular complexity index is 543. The molecule has 0 bridgehead atoms. The molecule has 0 amide bonds. The Balaban J connectivity index is 3.15. The third kappa shape index (κ3) is 2.12. The smallest absolute Gasteiger partial charge is 0.00256 e.